The first-order valence-corrected chi connectivity index (χ1v) is 5.17. The molecule has 1 aliphatic rings. The smallest absolute Gasteiger partial charge is 0.306 e. The Bertz CT molecular complexity index is 310. The third kappa shape index (κ3) is 2.95. The molecule has 0 aromatic heterocycles. The lowest BCUT2D eigenvalue weighted by atomic mass is 9.87. The van der Waals surface area contributed by atoms with Gasteiger partial charge in [-0.3, -0.25) is 14.4 Å². The first-order valence-electron chi connectivity index (χ1n) is 5.17. The minimum absolute atomic E-state index is 0.0104. The van der Waals surface area contributed by atoms with Gasteiger partial charge < -0.3 is 15.3 Å². The van der Waals surface area contributed by atoms with Gasteiger partial charge in [0.1, 0.15) is 0 Å². The van der Waals surface area contributed by atoms with Gasteiger partial charge in [-0.05, 0) is 0 Å². The predicted octanol–water partition coefficient (Wildman–Crippen LogP) is -0.698. The van der Waals surface area contributed by atoms with Crippen molar-refractivity contribution in [1.29, 1.82) is 0 Å². The summed E-state index contributed by atoms with van der Waals surface area (Å²) in [7, 11) is 0. The van der Waals surface area contributed by atoms with Crippen LogP contribution in [0.15, 0.2) is 0 Å². The molecule has 0 aromatic carbocycles. The summed E-state index contributed by atoms with van der Waals surface area (Å²) in [5.41, 5.74) is 0. The number of carbonyl (C=O) groups excluding carboxylic acids is 2. The largest absolute Gasteiger partial charge is 0.481 e. The molecule has 0 aliphatic carbocycles. The van der Waals surface area contributed by atoms with Gasteiger partial charge in [-0.1, -0.05) is 6.92 Å². The zero-order valence-corrected chi connectivity index (χ0v) is 9.40. The number of likely N-dealkylation sites (tertiary alicyclic amines) is 1. The van der Waals surface area contributed by atoms with Crippen LogP contribution in [0.3, 0.4) is 0 Å². The molecule has 0 bridgehead atoms. The summed E-state index contributed by atoms with van der Waals surface area (Å²) < 4.78 is 0. The highest BCUT2D eigenvalue weighted by molar-refractivity contribution is 5.84. The summed E-state index contributed by atoms with van der Waals surface area (Å²) in [5.74, 6) is -1.64. The van der Waals surface area contributed by atoms with Crippen molar-refractivity contribution in [1.82, 2.24) is 10.2 Å². The fourth-order valence-electron chi connectivity index (χ4n) is 1.55. The van der Waals surface area contributed by atoms with Gasteiger partial charge in [0.25, 0.3) is 0 Å². The average Bonchev–Trinajstić information content (AvgIpc) is 2.11. The number of hydrogen-bond acceptors (Lipinski definition) is 3. The van der Waals surface area contributed by atoms with Gasteiger partial charge in [-0.15, -0.1) is 0 Å². The summed E-state index contributed by atoms with van der Waals surface area (Å²) in [6, 6.07) is 0. The highest BCUT2D eigenvalue weighted by atomic mass is 16.4. The highest BCUT2D eigenvalue weighted by Gasteiger charge is 2.36. The number of carboxylic acids is 1. The molecular weight excluding hydrogens is 212 g/mol. The Morgan fingerprint density at radius 3 is 2.44 bits per heavy atom. The minimum Gasteiger partial charge on any atom is -0.481 e. The minimum atomic E-state index is -0.834. The van der Waals surface area contributed by atoms with Crippen molar-refractivity contribution in [3.05, 3.63) is 0 Å². The van der Waals surface area contributed by atoms with Gasteiger partial charge >= 0.3 is 5.97 Å². The van der Waals surface area contributed by atoms with Crippen LogP contribution in [0.4, 0.5) is 0 Å². The van der Waals surface area contributed by atoms with Crippen LogP contribution in [0.5, 0.6) is 0 Å². The van der Waals surface area contributed by atoms with Crippen molar-refractivity contribution in [2.45, 2.75) is 13.8 Å². The van der Waals surface area contributed by atoms with Gasteiger partial charge in [0.05, 0.1) is 12.5 Å². The van der Waals surface area contributed by atoms with E-state index in [4.69, 9.17) is 5.11 Å². The number of carboxylic acid groups (broad SMARTS) is 1. The monoisotopic (exact) mass is 228 g/mol. The van der Waals surface area contributed by atoms with Crippen molar-refractivity contribution in [2.75, 3.05) is 19.6 Å². The summed E-state index contributed by atoms with van der Waals surface area (Å²) in [4.78, 5) is 34.2. The van der Waals surface area contributed by atoms with E-state index in [0.29, 0.717) is 13.1 Å². The third-order valence-electron chi connectivity index (χ3n) is 2.85. The van der Waals surface area contributed by atoms with E-state index in [1.165, 1.54) is 6.92 Å². The summed E-state index contributed by atoms with van der Waals surface area (Å²) in [6.07, 6.45) is 0. The molecule has 6 nitrogen and oxygen atoms in total. The van der Waals surface area contributed by atoms with Crippen LogP contribution in [0, 0.1) is 11.8 Å². The van der Waals surface area contributed by atoms with E-state index in [9.17, 15) is 14.4 Å². The normalized spacial score (nSPS) is 17.5. The first kappa shape index (κ1) is 12.5. The van der Waals surface area contributed by atoms with E-state index in [2.05, 4.69) is 5.32 Å². The number of aliphatic carboxylic acids is 1. The third-order valence-corrected chi connectivity index (χ3v) is 2.85. The Labute approximate surface area is 93.6 Å². The molecule has 6 heteroatoms. The molecule has 2 N–H and O–H groups in total. The number of nitrogens with zero attached hydrogens (tertiary/aromatic N) is 1. The van der Waals surface area contributed by atoms with Crippen LogP contribution >= 0.6 is 0 Å². The lowest BCUT2D eigenvalue weighted by Crippen LogP contribution is -2.55. The van der Waals surface area contributed by atoms with Gasteiger partial charge in [-0.2, -0.15) is 0 Å². The van der Waals surface area contributed by atoms with Gasteiger partial charge in [0, 0.05) is 25.9 Å². The molecule has 2 amide bonds. The SMILES string of the molecule is CC(=O)NCC(=O)N1CC(C(C)C(=O)O)C1. The van der Waals surface area contributed by atoms with Crippen LogP contribution in [0.25, 0.3) is 0 Å². The Balaban J connectivity index is 2.27. The Morgan fingerprint density at radius 2 is 2.00 bits per heavy atom. The van der Waals surface area contributed by atoms with E-state index < -0.39 is 11.9 Å². The molecule has 1 unspecified atom stereocenters. The molecule has 1 heterocycles. The zero-order chi connectivity index (χ0) is 12.3. The van der Waals surface area contributed by atoms with Crippen molar-refractivity contribution in [3.63, 3.8) is 0 Å². The van der Waals surface area contributed by atoms with E-state index >= 15 is 0 Å². The maximum Gasteiger partial charge on any atom is 0.306 e. The van der Waals surface area contributed by atoms with Gasteiger partial charge in [0.2, 0.25) is 11.8 Å². The van der Waals surface area contributed by atoms with Crippen LogP contribution in [-0.2, 0) is 14.4 Å². The topological polar surface area (TPSA) is 86.7 Å². The lowest BCUT2D eigenvalue weighted by molar-refractivity contribution is -0.150. The first-order chi connectivity index (χ1) is 7.41. The molecule has 0 spiro atoms. The number of amides is 2. The van der Waals surface area contributed by atoms with E-state index in [1.54, 1.807) is 11.8 Å². The van der Waals surface area contributed by atoms with E-state index in [0.717, 1.165) is 0 Å². The molecule has 0 radical (unpaired) electrons. The van der Waals surface area contributed by atoms with Crippen molar-refractivity contribution < 1.29 is 19.5 Å². The maximum absolute atomic E-state index is 11.4. The van der Waals surface area contributed by atoms with Crippen molar-refractivity contribution in [2.24, 2.45) is 11.8 Å². The van der Waals surface area contributed by atoms with E-state index in [-0.39, 0.29) is 24.3 Å². The van der Waals surface area contributed by atoms with Crippen molar-refractivity contribution >= 4 is 17.8 Å². The average molecular weight is 228 g/mol. The zero-order valence-electron chi connectivity index (χ0n) is 9.40. The lowest BCUT2D eigenvalue weighted by Gasteiger charge is -2.41. The van der Waals surface area contributed by atoms with Gasteiger partial charge in [-0.25, -0.2) is 0 Å². The van der Waals surface area contributed by atoms with Crippen LogP contribution < -0.4 is 5.32 Å². The molecule has 1 atom stereocenters. The van der Waals surface area contributed by atoms with Crippen LogP contribution in [0.2, 0.25) is 0 Å². The standard InChI is InChI=1S/C10H16N2O4/c1-6(10(15)16)8-4-12(5-8)9(14)3-11-7(2)13/h6,8H,3-5H2,1-2H3,(H,11,13)(H,15,16). The quantitative estimate of drug-likeness (QED) is 0.666. The summed E-state index contributed by atoms with van der Waals surface area (Å²) in [5, 5.41) is 11.2. The molecule has 1 rings (SSSR count). The summed E-state index contributed by atoms with van der Waals surface area (Å²) in [6.45, 7) is 3.91. The Kier molecular flexibility index (Phi) is 3.87. The predicted molar refractivity (Wildman–Crippen MR) is 55.6 cm³/mol. The number of hydrogen-bond donors (Lipinski definition) is 2. The number of rotatable bonds is 4. The second kappa shape index (κ2) is 4.96. The van der Waals surface area contributed by atoms with E-state index in [1.807, 2.05) is 0 Å². The number of nitrogens with one attached hydrogen (secondary N) is 1. The van der Waals surface area contributed by atoms with Gasteiger partial charge in [0.15, 0.2) is 0 Å². The number of carbonyl (C=O) groups is 3. The van der Waals surface area contributed by atoms with Crippen LogP contribution in [-0.4, -0.2) is 47.4 Å². The Hall–Kier alpha value is -1.59. The second-order valence-electron chi connectivity index (χ2n) is 4.10. The molecular formula is C10H16N2O4. The van der Waals surface area contributed by atoms with Crippen molar-refractivity contribution in [3.8, 4) is 0 Å². The molecule has 0 saturated carbocycles. The molecule has 16 heavy (non-hydrogen) atoms. The molecule has 90 valence electrons. The second-order valence-corrected chi connectivity index (χ2v) is 4.10. The fourth-order valence-corrected chi connectivity index (χ4v) is 1.55. The maximum atomic E-state index is 11.4. The Morgan fingerprint density at radius 1 is 1.44 bits per heavy atom. The summed E-state index contributed by atoms with van der Waals surface area (Å²) >= 11 is 0. The molecule has 1 aliphatic heterocycles. The van der Waals surface area contributed by atoms with Crippen LogP contribution in [0.1, 0.15) is 13.8 Å². The highest BCUT2D eigenvalue weighted by Crippen LogP contribution is 2.23. The fraction of sp³-hybridized carbons (Fsp3) is 0.700. The molecule has 0 aromatic rings. The molecule has 1 saturated heterocycles. The molecule has 1 fully saturated rings.